The van der Waals surface area contributed by atoms with Crippen molar-refractivity contribution in [1.82, 2.24) is 10.2 Å². The van der Waals surface area contributed by atoms with E-state index >= 15 is 0 Å². The molecule has 2 N–H and O–H groups in total. The molecule has 88 valence electrons. The molecule has 0 unspecified atom stereocenters. The molecule has 1 heterocycles. The van der Waals surface area contributed by atoms with Gasteiger partial charge in [-0.3, -0.25) is 14.5 Å². The molecule has 0 saturated heterocycles. The van der Waals surface area contributed by atoms with Crippen molar-refractivity contribution in [3.05, 3.63) is 35.4 Å². The maximum absolute atomic E-state index is 11.8. The number of carboxylic acid groups (broad SMARTS) is 1. The lowest BCUT2D eigenvalue weighted by molar-refractivity contribution is 0.0654. The zero-order valence-electron chi connectivity index (χ0n) is 8.84. The van der Waals surface area contributed by atoms with Gasteiger partial charge in [-0.2, -0.15) is 0 Å². The number of hydrogen-bond donors (Lipinski definition) is 2. The van der Waals surface area contributed by atoms with Gasteiger partial charge in [0.05, 0.1) is 11.1 Å². The predicted molar refractivity (Wildman–Crippen MR) is 57.8 cm³/mol. The average molecular weight is 234 g/mol. The van der Waals surface area contributed by atoms with E-state index in [0.717, 1.165) is 4.90 Å². The third kappa shape index (κ3) is 1.96. The van der Waals surface area contributed by atoms with Crippen LogP contribution in [0.1, 0.15) is 20.7 Å². The SMILES string of the molecule is O=C(O)NCCN1C(=O)c2ccccc2C1=O. The number of fused-ring (bicyclic) bond motifs is 1. The van der Waals surface area contributed by atoms with E-state index in [1.54, 1.807) is 24.3 Å². The second kappa shape index (κ2) is 4.25. The van der Waals surface area contributed by atoms with Gasteiger partial charge in [-0.05, 0) is 12.1 Å². The second-order valence-corrected chi connectivity index (χ2v) is 3.54. The summed E-state index contributed by atoms with van der Waals surface area (Å²) in [7, 11) is 0. The minimum Gasteiger partial charge on any atom is -0.465 e. The smallest absolute Gasteiger partial charge is 0.404 e. The molecule has 1 aliphatic heterocycles. The van der Waals surface area contributed by atoms with Crippen molar-refractivity contribution in [1.29, 1.82) is 0 Å². The Labute approximate surface area is 96.8 Å². The Bertz CT molecular complexity index is 463. The summed E-state index contributed by atoms with van der Waals surface area (Å²) in [6.07, 6.45) is -1.18. The van der Waals surface area contributed by atoms with Crippen LogP contribution in [0.3, 0.4) is 0 Å². The van der Waals surface area contributed by atoms with E-state index < -0.39 is 6.09 Å². The molecule has 1 aromatic rings. The lowest BCUT2D eigenvalue weighted by Gasteiger charge is -2.12. The highest BCUT2D eigenvalue weighted by molar-refractivity contribution is 6.21. The molecule has 17 heavy (non-hydrogen) atoms. The topological polar surface area (TPSA) is 86.7 Å². The first-order valence-corrected chi connectivity index (χ1v) is 5.03. The normalized spacial score (nSPS) is 13.8. The Morgan fingerprint density at radius 2 is 1.71 bits per heavy atom. The number of rotatable bonds is 3. The summed E-state index contributed by atoms with van der Waals surface area (Å²) in [6, 6.07) is 6.53. The number of nitrogens with zero attached hydrogens (tertiary/aromatic N) is 1. The zero-order chi connectivity index (χ0) is 12.4. The van der Waals surface area contributed by atoms with Gasteiger partial charge in [0.1, 0.15) is 0 Å². The van der Waals surface area contributed by atoms with Crippen LogP contribution in [-0.2, 0) is 0 Å². The van der Waals surface area contributed by atoms with Gasteiger partial charge in [0, 0.05) is 13.1 Å². The van der Waals surface area contributed by atoms with Crippen LogP contribution in [0.25, 0.3) is 0 Å². The Balaban J connectivity index is 2.11. The minimum atomic E-state index is -1.18. The summed E-state index contributed by atoms with van der Waals surface area (Å²) in [6.45, 7) is 0.0689. The highest BCUT2D eigenvalue weighted by atomic mass is 16.4. The number of hydrogen-bond acceptors (Lipinski definition) is 3. The standard InChI is InChI=1S/C11H10N2O4/c14-9-7-3-1-2-4-8(7)10(15)13(9)6-5-12-11(16)17/h1-4,12H,5-6H2,(H,16,17). The third-order valence-corrected chi connectivity index (χ3v) is 2.49. The van der Waals surface area contributed by atoms with Gasteiger partial charge in [-0.15, -0.1) is 0 Å². The highest BCUT2D eigenvalue weighted by Crippen LogP contribution is 2.21. The average Bonchev–Trinajstić information content (AvgIpc) is 2.54. The summed E-state index contributed by atoms with van der Waals surface area (Å²) in [5.74, 6) is -0.754. The van der Waals surface area contributed by atoms with Gasteiger partial charge in [0.15, 0.2) is 0 Å². The fourth-order valence-electron chi connectivity index (χ4n) is 1.72. The monoisotopic (exact) mass is 234 g/mol. The summed E-state index contributed by atoms with van der Waals surface area (Å²) < 4.78 is 0. The van der Waals surface area contributed by atoms with E-state index in [1.165, 1.54) is 0 Å². The first kappa shape index (κ1) is 11.1. The van der Waals surface area contributed by atoms with Crippen LogP contribution in [-0.4, -0.2) is 41.0 Å². The van der Waals surface area contributed by atoms with Gasteiger partial charge >= 0.3 is 6.09 Å². The van der Waals surface area contributed by atoms with Gasteiger partial charge in [-0.1, -0.05) is 12.1 Å². The molecule has 0 radical (unpaired) electrons. The fourth-order valence-corrected chi connectivity index (χ4v) is 1.72. The van der Waals surface area contributed by atoms with Crippen molar-refractivity contribution in [3.8, 4) is 0 Å². The Morgan fingerprint density at radius 3 is 2.18 bits per heavy atom. The Morgan fingerprint density at radius 1 is 1.18 bits per heavy atom. The third-order valence-electron chi connectivity index (χ3n) is 2.49. The molecule has 6 nitrogen and oxygen atoms in total. The fraction of sp³-hybridized carbons (Fsp3) is 0.182. The zero-order valence-corrected chi connectivity index (χ0v) is 8.84. The number of carbonyl (C=O) groups is 3. The van der Waals surface area contributed by atoms with E-state index in [1.807, 2.05) is 0 Å². The molecule has 0 spiro atoms. The maximum atomic E-state index is 11.8. The van der Waals surface area contributed by atoms with E-state index in [2.05, 4.69) is 5.32 Å². The second-order valence-electron chi connectivity index (χ2n) is 3.54. The van der Waals surface area contributed by atoms with Crippen LogP contribution in [0.5, 0.6) is 0 Å². The van der Waals surface area contributed by atoms with Crippen LogP contribution in [0.15, 0.2) is 24.3 Å². The Hall–Kier alpha value is -2.37. The van der Waals surface area contributed by atoms with E-state index in [9.17, 15) is 14.4 Å². The van der Waals surface area contributed by atoms with Crippen LogP contribution in [0.4, 0.5) is 4.79 Å². The van der Waals surface area contributed by atoms with Crippen molar-refractivity contribution in [3.63, 3.8) is 0 Å². The van der Waals surface area contributed by atoms with Crippen molar-refractivity contribution < 1.29 is 19.5 Å². The van der Waals surface area contributed by atoms with Crippen molar-refractivity contribution in [2.75, 3.05) is 13.1 Å². The number of benzene rings is 1. The molecule has 0 aliphatic carbocycles. The summed E-state index contributed by atoms with van der Waals surface area (Å²) in [5, 5.41) is 10.5. The molecule has 1 aromatic carbocycles. The number of nitrogens with one attached hydrogen (secondary N) is 1. The quantitative estimate of drug-likeness (QED) is 0.748. The molecule has 2 rings (SSSR count). The van der Waals surface area contributed by atoms with Crippen molar-refractivity contribution >= 4 is 17.9 Å². The number of carbonyl (C=O) groups excluding carboxylic acids is 2. The van der Waals surface area contributed by atoms with E-state index in [0.29, 0.717) is 11.1 Å². The molecular formula is C11H10N2O4. The summed E-state index contributed by atoms with van der Waals surface area (Å²) in [5.41, 5.74) is 0.737. The van der Waals surface area contributed by atoms with Crippen LogP contribution in [0.2, 0.25) is 0 Å². The molecule has 0 fully saturated rings. The molecule has 3 amide bonds. The summed E-state index contributed by atoms with van der Waals surface area (Å²) in [4.78, 5) is 34.9. The van der Waals surface area contributed by atoms with Crippen LogP contribution in [0, 0.1) is 0 Å². The minimum absolute atomic E-state index is 0.0286. The molecule has 0 saturated carbocycles. The molecule has 0 aromatic heterocycles. The number of amides is 3. The van der Waals surface area contributed by atoms with Crippen LogP contribution >= 0.6 is 0 Å². The largest absolute Gasteiger partial charge is 0.465 e. The van der Waals surface area contributed by atoms with Gasteiger partial charge < -0.3 is 10.4 Å². The molecule has 0 bridgehead atoms. The lowest BCUT2D eigenvalue weighted by atomic mass is 10.1. The van der Waals surface area contributed by atoms with E-state index in [-0.39, 0.29) is 24.9 Å². The van der Waals surface area contributed by atoms with Crippen LogP contribution < -0.4 is 5.32 Å². The number of imide groups is 1. The maximum Gasteiger partial charge on any atom is 0.404 e. The highest BCUT2D eigenvalue weighted by Gasteiger charge is 2.34. The predicted octanol–water partition coefficient (Wildman–Crippen LogP) is 0.550. The Kier molecular flexibility index (Phi) is 2.78. The van der Waals surface area contributed by atoms with Crippen molar-refractivity contribution in [2.45, 2.75) is 0 Å². The molecule has 6 heteroatoms. The van der Waals surface area contributed by atoms with Gasteiger partial charge in [-0.25, -0.2) is 4.79 Å². The molecular weight excluding hydrogens is 224 g/mol. The van der Waals surface area contributed by atoms with Gasteiger partial charge in [0.25, 0.3) is 11.8 Å². The molecule has 0 atom stereocenters. The lowest BCUT2D eigenvalue weighted by Crippen LogP contribution is -2.37. The van der Waals surface area contributed by atoms with Gasteiger partial charge in [0.2, 0.25) is 0 Å². The summed E-state index contributed by atoms with van der Waals surface area (Å²) >= 11 is 0. The van der Waals surface area contributed by atoms with Crippen molar-refractivity contribution in [2.24, 2.45) is 0 Å². The van der Waals surface area contributed by atoms with E-state index in [4.69, 9.17) is 5.11 Å². The molecule has 1 aliphatic rings. The first-order chi connectivity index (χ1) is 8.11. The first-order valence-electron chi connectivity index (χ1n) is 5.03.